The Hall–Kier alpha value is -0.466. The Balaban J connectivity index is 0.00000144. The summed E-state index contributed by atoms with van der Waals surface area (Å²) < 4.78 is 0. The van der Waals surface area contributed by atoms with Gasteiger partial charge in [0.15, 0.2) is 0 Å². The van der Waals surface area contributed by atoms with Gasteiger partial charge in [-0.3, -0.25) is 4.79 Å². The van der Waals surface area contributed by atoms with Gasteiger partial charge in [0.1, 0.15) is 0 Å². The van der Waals surface area contributed by atoms with Gasteiger partial charge >= 0.3 is 0 Å². The topological polar surface area (TPSA) is 20.3 Å². The van der Waals surface area contributed by atoms with Crippen LogP contribution >= 0.6 is 0 Å². The molecule has 0 unspecified atom stereocenters. The molecular formula is C14H16NOY-. The summed E-state index contributed by atoms with van der Waals surface area (Å²) >= 11 is 0. The van der Waals surface area contributed by atoms with Gasteiger partial charge in [-0.05, 0) is 6.42 Å². The van der Waals surface area contributed by atoms with Gasteiger partial charge in [0.05, 0.1) is 0 Å². The fraction of sp³-hybridized carbons (Fsp3) is 0.357. The number of rotatable bonds is 2. The third-order valence-electron chi connectivity index (χ3n) is 2.99. The minimum atomic E-state index is 0. The third kappa shape index (κ3) is 3.05. The van der Waals surface area contributed by atoms with Crippen LogP contribution in [0.2, 0.25) is 0 Å². The first-order valence-corrected chi connectivity index (χ1v) is 5.69. The molecule has 0 aliphatic carbocycles. The van der Waals surface area contributed by atoms with Crippen molar-refractivity contribution < 1.29 is 37.5 Å². The van der Waals surface area contributed by atoms with Crippen LogP contribution in [0.5, 0.6) is 0 Å². The summed E-state index contributed by atoms with van der Waals surface area (Å²) in [6.45, 7) is 2.13. The Morgan fingerprint density at radius 1 is 1.35 bits per heavy atom. The zero-order chi connectivity index (χ0) is 11.5. The van der Waals surface area contributed by atoms with E-state index in [9.17, 15) is 4.79 Å². The van der Waals surface area contributed by atoms with Crippen LogP contribution in [0, 0.1) is 6.08 Å². The summed E-state index contributed by atoms with van der Waals surface area (Å²) in [5, 5.41) is 0. The van der Waals surface area contributed by atoms with Crippen LogP contribution in [0.15, 0.2) is 24.3 Å². The van der Waals surface area contributed by atoms with Crippen molar-refractivity contribution in [3.8, 4) is 0 Å². The molecule has 0 N–H and O–H groups in total. The molecule has 1 amide bonds. The van der Waals surface area contributed by atoms with Crippen molar-refractivity contribution in [3.05, 3.63) is 41.5 Å². The number of amides is 1. The van der Waals surface area contributed by atoms with E-state index in [2.05, 4.69) is 25.1 Å². The number of nitrogens with zero attached hydrogens (tertiary/aromatic N) is 1. The molecule has 0 spiro atoms. The van der Waals surface area contributed by atoms with Gasteiger partial charge < -0.3 is 4.90 Å². The molecule has 1 aromatic rings. The molecule has 17 heavy (non-hydrogen) atoms. The molecule has 2 rings (SSSR count). The third-order valence-corrected chi connectivity index (χ3v) is 2.99. The average molecular weight is 303 g/mol. The molecule has 87 valence electrons. The zero-order valence-electron chi connectivity index (χ0n) is 10.4. The average Bonchev–Trinajstić information content (AvgIpc) is 2.33. The van der Waals surface area contributed by atoms with Crippen LogP contribution in [-0.4, -0.2) is 17.9 Å². The largest absolute Gasteiger partial charge is 0.350 e. The van der Waals surface area contributed by atoms with E-state index in [0.29, 0.717) is 6.42 Å². The molecule has 1 aromatic carbocycles. The molecule has 0 aromatic heterocycles. The molecule has 1 aliphatic heterocycles. The molecule has 0 saturated carbocycles. The van der Waals surface area contributed by atoms with Gasteiger partial charge in [-0.25, -0.2) is 6.08 Å². The summed E-state index contributed by atoms with van der Waals surface area (Å²) in [7, 11) is 1.83. The SMILES string of the molecule is CCc1ccccc1C1=[C-]CCC(=O)N1C.[Y]. The van der Waals surface area contributed by atoms with Crippen LogP contribution < -0.4 is 0 Å². The van der Waals surface area contributed by atoms with Crippen LogP contribution in [0.25, 0.3) is 5.70 Å². The fourth-order valence-electron chi connectivity index (χ4n) is 2.03. The number of carbonyl (C=O) groups excluding carboxylic acids is 1. The second kappa shape index (κ2) is 6.46. The van der Waals surface area contributed by atoms with Crippen molar-refractivity contribution in [2.24, 2.45) is 0 Å². The van der Waals surface area contributed by atoms with Gasteiger partial charge in [-0.2, -0.15) is 0 Å². The second-order valence-corrected chi connectivity index (χ2v) is 3.99. The zero-order valence-corrected chi connectivity index (χ0v) is 13.2. The van der Waals surface area contributed by atoms with Crippen molar-refractivity contribution in [1.29, 1.82) is 0 Å². The Bertz CT molecular complexity index is 440. The maximum absolute atomic E-state index is 11.6. The second-order valence-electron chi connectivity index (χ2n) is 3.99. The summed E-state index contributed by atoms with van der Waals surface area (Å²) in [6, 6.07) is 8.22. The van der Waals surface area contributed by atoms with Gasteiger partial charge in [0.25, 0.3) is 0 Å². The summed E-state index contributed by atoms with van der Waals surface area (Å²) in [4.78, 5) is 13.4. The Kier molecular flexibility index (Phi) is 5.55. The number of carbonyl (C=O) groups is 1. The standard InChI is InChI=1S/C14H16NO.Y/c1-3-11-7-4-5-8-12(11)13-9-6-10-14(16)15(13)2;/h4-5,7-8H,3,6,10H2,1-2H3;/q-1;. The first kappa shape index (κ1) is 14.6. The van der Waals surface area contributed by atoms with Crippen LogP contribution in [0.4, 0.5) is 0 Å². The van der Waals surface area contributed by atoms with E-state index >= 15 is 0 Å². The van der Waals surface area contributed by atoms with Crippen LogP contribution in [0.3, 0.4) is 0 Å². The molecule has 0 fully saturated rings. The first-order chi connectivity index (χ1) is 7.74. The normalized spacial score (nSPS) is 15.3. The first-order valence-electron chi connectivity index (χ1n) is 5.69. The van der Waals surface area contributed by atoms with E-state index in [1.165, 1.54) is 5.56 Å². The van der Waals surface area contributed by atoms with E-state index in [4.69, 9.17) is 0 Å². The molecule has 3 heteroatoms. The number of aryl methyl sites for hydroxylation is 1. The molecule has 1 aliphatic rings. The van der Waals surface area contributed by atoms with Crippen LogP contribution in [-0.2, 0) is 43.9 Å². The molecular weight excluding hydrogens is 287 g/mol. The maximum atomic E-state index is 11.6. The van der Waals surface area contributed by atoms with Crippen molar-refractivity contribution in [1.82, 2.24) is 4.90 Å². The van der Waals surface area contributed by atoms with E-state index in [1.807, 2.05) is 19.2 Å². The van der Waals surface area contributed by atoms with Crippen molar-refractivity contribution in [2.75, 3.05) is 7.05 Å². The minimum Gasteiger partial charge on any atom is -0.350 e. The summed E-state index contributed by atoms with van der Waals surface area (Å²) in [5.74, 6) is 0.180. The number of hydrogen-bond donors (Lipinski definition) is 0. The van der Waals surface area contributed by atoms with E-state index < -0.39 is 0 Å². The molecule has 1 radical (unpaired) electrons. The monoisotopic (exact) mass is 303 g/mol. The Morgan fingerprint density at radius 2 is 2.06 bits per heavy atom. The predicted molar refractivity (Wildman–Crippen MR) is 64.5 cm³/mol. The molecule has 1 heterocycles. The number of benzene rings is 1. The number of hydrogen-bond acceptors (Lipinski definition) is 1. The van der Waals surface area contributed by atoms with Crippen molar-refractivity contribution >= 4 is 11.6 Å². The van der Waals surface area contributed by atoms with Crippen LogP contribution in [0.1, 0.15) is 30.9 Å². The van der Waals surface area contributed by atoms with Gasteiger partial charge in [-0.1, -0.05) is 25.1 Å². The van der Waals surface area contributed by atoms with Crippen molar-refractivity contribution in [3.63, 3.8) is 0 Å². The molecule has 0 bridgehead atoms. The smallest absolute Gasteiger partial charge is 0.222 e. The maximum Gasteiger partial charge on any atom is 0.222 e. The number of allylic oxidation sites excluding steroid dienone is 1. The van der Waals surface area contributed by atoms with E-state index in [-0.39, 0.29) is 38.6 Å². The fourth-order valence-corrected chi connectivity index (χ4v) is 2.03. The summed E-state index contributed by atoms with van der Waals surface area (Å²) in [6.07, 6.45) is 5.60. The van der Waals surface area contributed by atoms with Gasteiger partial charge in [-0.15, -0.1) is 29.3 Å². The van der Waals surface area contributed by atoms with Crippen molar-refractivity contribution in [2.45, 2.75) is 26.2 Å². The Morgan fingerprint density at radius 3 is 2.76 bits per heavy atom. The molecule has 0 atom stereocenters. The molecule has 0 saturated heterocycles. The van der Waals surface area contributed by atoms with Gasteiger partial charge in [0.2, 0.25) is 5.91 Å². The van der Waals surface area contributed by atoms with E-state index in [1.54, 1.807) is 4.90 Å². The summed E-state index contributed by atoms with van der Waals surface area (Å²) in [5.41, 5.74) is 3.35. The Labute approximate surface area is 128 Å². The predicted octanol–water partition coefficient (Wildman–Crippen LogP) is 2.64. The molecule has 2 nitrogen and oxygen atoms in total. The van der Waals surface area contributed by atoms with E-state index in [0.717, 1.165) is 24.1 Å². The quantitative estimate of drug-likeness (QED) is 0.769. The van der Waals surface area contributed by atoms with Gasteiger partial charge in [0, 0.05) is 46.2 Å². The minimum absolute atomic E-state index is 0.